The largest absolute Gasteiger partial charge is 0.477 e. The van der Waals surface area contributed by atoms with Crippen LogP contribution in [0.1, 0.15) is 18.7 Å². The summed E-state index contributed by atoms with van der Waals surface area (Å²) in [5.41, 5.74) is 8.61. The van der Waals surface area contributed by atoms with Gasteiger partial charge in [0.15, 0.2) is 11.2 Å². The first-order valence-electron chi connectivity index (χ1n) is 9.27. The maximum absolute atomic E-state index is 12.9. The van der Waals surface area contributed by atoms with Crippen LogP contribution in [-0.2, 0) is 28.8 Å². The van der Waals surface area contributed by atoms with E-state index in [0.29, 0.717) is 11.3 Å². The van der Waals surface area contributed by atoms with Crippen LogP contribution in [0.4, 0.5) is 5.13 Å². The van der Waals surface area contributed by atoms with Gasteiger partial charge in [0, 0.05) is 23.6 Å². The molecule has 3 heterocycles. The number of nitrogen functional groups attached to an aromatic ring is 1. The van der Waals surface area contributed by atoms with Gasteiger partial charge in [-0.2, -0.15) is 5.48 Å². The zero-order chi connectivity index (χ0) is 23.4. The van der Waals surface area contributed by atoms with Crippen molar-refractivity contribution in [3.63, 3.8) is 0 Å². The Bertz CT molecular complexity index is 979. The van der Waals surface area contributed by atoms with Crippen LogP contribution in [0.3, 0.4) is 0 Å². The molecule has 14 heteroatoms. The lowest BCUT2D eigenvalue weighted by Gasteiger charge is -2.49. The van der Waals surface area contributed by atoms with Crippen molar-refractivity contribution in [2.75, 3.05) is 24.7 Å². The molecule has 172 valence electrons. The number of nitrogens with one attached hydrogen (secondary N) is 2. The molecule has 3 atom stereocenters. The first-order chi connectivity index (χ1) is 15.2. The van der Waals surface area contributed by atoms with E-state index in [-0.39, 0.29) is 29.8 Å². The van der Waals surface area contributed by atoms with Gasteiger partial charge >= 0.3 is 11.9 Å². The maximum atomic E-state index is 12.9. The Balaban J connectivity index is 1.74. The summed E-state index contributed by atoms with van der Waals surface area (Å²) < 4.78 is 4.90. The van der Waals surface area contributed by atoms with Gasteiger partial charge in [0.1, 0.15) is 23.7 Å². The second kappa shape index (κ2) is 10.1. The first-order valence-corrected chi connectivity index (χ1v) is 11.2. The van der Waals surface area contributed by atoms with Gasteiger partial charge in [0.05, 0.1) is 12.3 Å². The van der Waals surface area contributed by atoms with Gasteiger partial charge in [-0.1, -0.05) is 6.08 Å². The molecule has 0 bridgehead atoms. The number of esters is 1. The Kier molecular flexibility index (Phi) is 7.50. The van der Waals surface area contributed by atoms with Gasteiger partial charge in [0.25, 0.3) is 5.91 Å². The number of thiazole rings is 1. The van der Waals surface area contributed by atoms with Gasteiger partial charge in [-0.25, -0.2) is 9.78 Å². The standard InChI is InChI=1S/C18H21N5O7S2/c1-3-4-30-22-11(10-7-32-18(19)20-10)14(25)21-12-15(26)23-13(17(27)28)9(5-29-8(2)24)6-31-16(12)23/h3,7,11-12,16,22H,1,4-6H2,2H3,(H2,19,20)(H,21,25)(H,27,28)/t11?,12?,16-/m1/s1. The predicted octanol–water partition coefficient (Wildman–Crippen LogP) is -0.225. The summed E-state index contributed by atoms with van der Waals surface area (Å²) >= 11 is 2.40. The van der Waals surface area contributed by atoms with Crippen LogP contribution in [-0.4, -0.2) is 69.1 Å². The van der Waals surface area contributed by atoms with E-state index < -0.39 is 41.2 Å². The molecule has 0 spiro atoms. The Morgan fingerprint density at radius 3 is 2.84 bits per heavy atom. The monoisotopic (exact) mass is 483 g/mol. The summed E-state index contributed by atoms with van der Waals surface area (Å²) in [5.74, 6) is -2.83. The number of β-lactam (4-membered cyclic amide) rings is 1. The minimum absolute atomic E-state index is 0.121. The quantitative estimate of drug-likeness (QED) is 0.114. The average molecular weight is 484 g/mol. The molecular formula is C18H21N5O7S2. The number of carbonyl (C=O) groups is 4. The molecule has 2 unspecified atom stereocenters. The number of anilines is 1. The number of rotatable bonds is 10. The normalized spacial score (nSPS) is 20.8. The highest BCUT2D eigenvalue weighted by Crippen LogP contribution is 2.40. The average Bonchev–Trinajstić information content (AvgIpc) is 3.18. The summed E-state index contributed by atoms with van der Waals surface area (Å²) in [6.45, 7) is 4.63. The van der Waals surface area contributed by atoms with E-state index in [9.17, 15) is 24.3 Å². The molecule has 0 aromatic carbocycles. The number of ether oxygens (including phenoxy) is 1. The van der Waals surface area contributed by atoms with E-state index in [0.717, 1.165) is 16.2 Å². The number of nitrogens with two attached hydrogens (primary N) is 1. The fourth-order valence-corrected chi connectivity index (χ4v) is 5.01. The highest BCUT2D eigenvalue weighted by molar-refractivity contribution is 8.00. The van der Waals surface area contributed by atoms with Gasteiger partial charge in [-0.15, -0.1) is 29.7 Å². The Morgan fingerprint density at radius 2 is 2.25 bits per heavy atom. The van der Waals surface area contributed by atoms with E-state index in [1.54, 1.807) is 5.38 Å². The molecule has 2 aliphatic rings. The van der Waals surface area contributed by atoms with Crippen molar-refractivity contribution in [3.8, 4) is 0 Å². The van der Waals surface area contributed by atoms with Gasteiger partial charge in [-0.05, 0) is 0 Å². The fourth-order valence-electron chi connectivity index (χ4n) is 3.09. The Morgan fingerprint density at radius 1 is 1.50 bits per heavy atom. The lowest BCUT2D eigenvalue weighted by molar-refractivity contribution is -0.151. The van der Waals surface area contributed by atoms with Crippen molar-refractivity contribution in [1.29, 1.82) is 0 Å². The van der Waals surface area contributed by atoms with E-state index in [1.165, 1.54) is 24.8 Å². The minimum atomic E-state index is -1.31. The zero-order valence-corrected chi connectivity index (χ0v) is 18.5. The number of carboxylic acids is 1. The van der Waals surface area contributed by atoms with Crippen LogP contribution < -0.4 is 16.5 Å². The number of aliphatic carboxylic acids is 1. The fraction of sp³-hybridized carbons (Fsp3) is 0.389. The third-order valence-electron chi connectivity index (χ3n) is 4.50. The third kappa shape index (κ3) is 4.93. The van der Waals surface area contributed by atoms with Crippen LogP contribution in [0.5, 0.6) is 0 Å². The van der Waals surface area contributed by atoms with Gasteiger partial charge in [-0.3, -0.25) is 24.1 Å². The molecule has 1 fully saturated rings. The van der Waals surface area contributed by atoms with Crippen molar-refractivity contribution in [2.45, 2.75) is 24.4 Å². The third-order valence-corrected chi connectivity index (χ3v) is 6.53. The Hall–Kier alpha value is -2.94. The second-order valence-corrected chi connectivity index (χ2v) is 8.69. The first kappa shape index (κ1) is 23.7. The number of nitrogens with zero attached hydrogens (tertiary/aromatic N) is 2. The van der Waals surface area contributed by atoms with E-state index >= 15 is 0 Å². The highest BCUT2D eigenvalue weighted by atomic mass is 32.2. The summed E-state index contributed by atoms with van der Waals surface area (Å²) in [5, 5.41) is 13.5. The second-order valence-electron chi connectivity index (χ2n) is 6.69. The number of hydrogen-bond donors (Lipinski definition) is 4. The maximum Gasteiger partial charge on any atom is 0.352 e. The lowest BCUT2D eigenvalue weighted by Crippen LogP contribution is -2.71. The number of hydroxylamine groups is 1. The van der Waals surface area contributed by atoms with E-state index in [2.05, 4.69) is 22.4 Å². The predicted molar refractivity (Wildman–Crippen MR) is 115 cm³/mol. The van der Waals surface area contributed by atoms with Gasteiger partial charge in [0.2, 0.25) is 5.91 Å². The number of carbonyl (C=O) groups excluding carboxylic acids is 3. The summed E-state index contributed by atoms with van der Waals surface area (Å²) in [6.07, 6.45) is 1.48. The topological polar surface area (TPSA) is 173 Å². The summed E-state index contributed by atoms with van der Waals surface area (Å²) in [4.78, 5) is 58.9. The van der Waals surface area contributed by atoms with Crippen molar-refractivity contribution in [1.82, 2.24) is 20.7 Å². The van der Waals surface area contributed by atoms with Crippen LogP contribution >= 0.6 is 23.1 Å². The van der Waals surface area contributed by atoms with Gasteiger partial charge < -0.3 is 20.9 Å². The molecule has 0 aliphatic carbocycles. The number of aromatic nitrogens is 1. The molecule has 3 rings (SSSR count). The number of fused-ring (bicyclic) bond motifs is 1. The number of hydrogen-bond acceptors (Lipinski definition) is 11. The minimum Gasteiger partial charge on any atom is -0.477 e. The molecule has 2 amide bonds. The SMILES string of the molecule is C=CCONC(C(=O)NC1C(=O)N2C(C(=O)O)=C(COC(C)=O)CS[C@H]12)c1csc(N)n1. The molecule has 1 aromatic rings. The molecule has 12 nitrogen and oxygen atoms in total. The zero-order valence-electron chi connectivity index (χ0n) is 16.9. The molecule has 1 aromatic heterocycles. The molecule has 2 aliphatic heterocycles. The Labute approximate surface area is 190 Å². The molecule has 32 heavy (non-hydrogen) atoms. The smallest absolute Gasteiger partial charge is 0.352 e. The number of thioether (sulfide) groups is 1. The van der Waals surface area contributed by atoms with Crippen LogP contribution in [0.2, 0.25) is 0 Å². The van der Waals surface area contributed by atoms with E-state index in [1.807, 2.05) is 0 Å². The molecule has 5 N–H and O–H groups in total. The lowest BCUT2D eigenvalue weighted by atomic mass is 10.0. The van der Waals surface area contributed by atoms with Crippen LogP contribution in [0.25, 0.3) is 0 Å². The van der Waals surface area contributed by atoms with Crippen LogP contribution in [0, 0.1) is 0 Å². The number of carboxylic acid groups (broad SMARTS) is 1. The van der Waals surface area contributed by atoms with Crippen molar-refractivity contribution < 1.29 is 33.9 Å². The van der Waals surface area contributed by atoms with E-state index in [4.69, 9.17) is 15.3 Å². The molecule has 1 saturated heterocycles. The summed E-state index contributed by atoms with van der Waals surface area (Å²) in [6, 6.07) is -2.00. The van der Waals surface area contributed by atoms with Crippen LogP contribution in [0.15, 0.2) is 29.3 Å². The van der Waals surface area contributed by atoms with Crippen molar-refractivity contribution in [2.24, 2.45) is 0 Å². The molecule has 0 radical (unpaired) electrons. The molecular weight excluding hydrogens is 462 g/mol. The highest BCUT2D eigenvalue weighted by Gasteiger charge is 2.54. The summed E-state index contributed by atoms with van der Waals surface area (Å²) in [7, 11) is 0. The van der Waals surface area contributed by atoms with Crippen molar-refractivity contribution >= 4 is 52.0 Å². The number of amides is 2. The molecule has 0 saturated carbocycles. The van der Waals surface area contributed by atoms with Crippen molar-refractivity contribution in [3.05, 3.63) is 35.0 Å².